The molecule has 0 unspecified atom stereocenters. The Labute approximate surface area is 186 Å². The monoisotopic (exact) mass is 410 g/mol. The number of unbranched alkanes of at least 4 members (excludes halogenated alkanes) is 12. The molecule has 0 saturated carbocycles. The summed E-state index contributed by atoms with van der Waals surface area (Å²) >= 11 is 0. The Bertz CT molecular complexity index is 632. The van der Waals surface area contributed by atoms with E-state index in [-0.39, 0.29) is 0 Å². The highest BCUT2D eigenvalue weighted by molar-refractivity contribution is 5.43. The van der Waals surface area contributed by atoms with Gasteiger partial charge in [0.1, 0.15) is 0 Å². The van der Waals surface area contributed by atoms with E-state index in [0.717, 1.165) is 0 Å². The quantitative estimate of drug-likeness (QED) is 0.224. The third-order valence-corrected chi connectivity index (χ3v) is 6.45. The molecular formula is C28H46N2. The number of hydrogen-bond acceptors (Lipinski definition) is 1. The summed E-state index contributed by atoms with van der Waals surface area (Å²) < 4.78 is 2.17. The predicted molar refractivity (Wildman–Crippen MR) is 132 cm³/mol. The summed E-state index contributed by atoms with van der Waals surface area (Å²) in [6, 6.07) is 8.91. The Morgan fingerprint density at radius 1 is 0.700 bits per heavy atom. The molecule has 2 rings (SSSR count). The van der Waals surface area contributed by atoms with E-state index in [9.17, 15) is 0 Å². The first kappa shape index (κ1) is 24.7. The van der Waals surface area contributed by atoms with Gasteiger partial charge in [0, 0.05) is 18.1 Å². The molecule has 0 aliphatic carbocycles. The van der Waals surface area contributed by atoms with Crippen LogP contribution in [0.3, 0.4) is 0 Å². The van der Waals surface area contributed by atoms with Gasteiger partial charge in [-0.15, -0.1) is 0 Å². The number of nitrogens with zero attached hydrogens (tertiary/aromatic N) is 2. The number of imidazole rings is 1. The molecule has 0 N–H and O–H groups in total. The molecule has 1 aromatic carbocycles. The molecule has 2 heteroatoms. The first-order chi connectivity index (χ1) is 14.9. The lowest BCUT2D eigenvalue weighted by Crippen LogP contribution is -2.05. The van der Waals surface area contributed by atoms with Crippen LogP contribution in [0.4, 0.5) is 0 Å². The smallest absolute Gasteiger partial charge is 0.0991 e. The summed E-state index contributed by atoms with van der Waals surface area (Å²) in [5.74, 6) is 0.668. The van der Waals surface area contributed by atoms with Crippen molar-refractivity contribution in [3.05, 3.63) is 48.5 Å². The average Bonchev–Trinajstić information content (AvgIpc) is 3.31. The minimum atomic E-state index is 0.668. The molecule has 0 bridgehead atoms. The molecule has 1 heterocycles. The van der Waals surface area contributed by atoms with Gasteiger partial charge in [-0.3, -0.25) is 0 Å². The fourth-order valence-electron chi connectivity index (χ4n) is 4.68. The van der Waals surface area contributed by atoms with Crippen molar-refractivity contribution in [2.75, 3.05) is 0 Å². The molecule has 2 aromatic rings. The number of para-hydroxylation sites is 1. The fraction of sp³-hybridized carbons (Fsp3) is 0.679. The van der Waals surface area contributed by atoms with Crippen molar-refractivity contribution in [3.8, 4) is 5.69 Å². The van der Waals surface area contributed by atoms with Crippen molar-refractivity contribution in [3.63, 3.8) is 0 Å². The van der Waals surface area contributed by atoms with E-state index < -0.39 is 0 Å². The highest BCUT2D eigenvalue weighted by atomic mass is 15.0. The van der Waals surface area contributed by atoms with Crippen LogP contribution in [0.5, 0.6) is 0 Å². The van der Waals surface area contributed by atoms with E-state index in [1.54, 1.807) is 0 Å². The van der Waals surface area contributed by atoms with Gasteiger partial charge in [-0.1, -0.05) is 122 Å². The van der Waals surface area contributed by atoms with E-state index in [0.29, 0.717) is 5.92 Å². The zero-order valence-electron chi connectivity index (χ0n) is 19.8. The molecule has 168 valence electrons. The van der Waals surface area contributed by atoms with Crippen LogP contribution in [-0.2, 0) is 0 Å². The minimum absolute atomic E-state index is 0.668. The van der Waals surface area contributed by atoms with Crippen LogP contribution >= 0.6 is 0 Å². The molecule has 0 aliphatic rings. The lowest BCUT2D eigenvalue weighted by molar-refractivity contribution is 0.502. The van der Waals surface area contributed by atoms with Gasteiger partial charge in [-0.25, -0.2) is 4.98 Å². The van der Waals surface area contributed by atoms with Crippen molar-refractivity contribution in [1.82, 2.24) is 9.55 Å². The van der Waals surface area contributed by atoms with Gasteiger partial charge < -0.3 is 4.57 Å². The Morgan fingerprint density at radius 2 is 1.30 bits per heavy atom. The summed E-state index contributed by atoms with van der Waals surface area (Å²) in [6.07, 6.45) is 28.3. The zero-order chi connectivity index (χ0) is 21.3. The SMILES string of the molecule is CCCCCCCCCCCCCCC[C@H](CCC)c1ccccc1-n1ccnc1. The van der Waals surface area contributed by atoms with Crippen molar-refractivity contribution in [2.24, 2.45) is 0 Å². The third kappa shape index (κ3) is 9.49. The Balaban J connectivity index is 1.61. The van der Waals surface area contributed by atoms with E-state index in [2.05, 4.69) is 53.9 Å². The van der Waals surface area contributed by atoms with E-state index in [4.69, 9.17) is 0 Å². The van der Waals surface area contributed by atoms with Gasteiger partial charge in [-0.2, -0.15) is 0 Å². The molecule has 2 nitrogen and oxygen atoms in total. The predicted octanol–water partition coefficient (Wildman–Crippen LogP) is 9.24. The van der Waals surface area contributed by atoms with Gasteiger partial charge in [0.15, 0.2) is 0 Å². The first-order valence-electron chi connectivity index (χ1n) is 12.9. The summed E-state index contributed by atoms with van der Waals surface area (Å²) in [7, 11) is 0. The topological polar surface area (TPSA) is 17.8 Å². The number of aromatic nitrogens is 2. The molecule has 0 amide bonds. The summed E-state index contributed by atoms with van der Waals surface area (Å²) in [5.41, 5.74) is 2.81. The molecule has 0 aliphatic heterocycles. The van der Waals surface area contributed by atoms with Gasteiger partial charge in [-0.05, 0) is 30.4 Å². The molecule has 0 saturated heterocycles. The van der Waals surface area contributed by atoms with Crippen LogP contribution in [0.15, 0.2) is 43.0 Å². The van der Waals surface area contributed by atoms with Crippen molar-refractivity contribution < 1.29 is 0 Å². The van der Waals surface area contributed by atoms with Crippen molar-refractivity contribution in [1.29, 1.82) is 0 Å². The second-order valence-corrected chi connectivity index (χ2v) is 9.05. The average molecular weight is 411 g/mol. The van der Waals surface area contributed by atoms with Gasteiger partial charge in [0.25, 0.3) is 0 Å². The van der Waals surface area contributed by atoms with Crippen LogP contribution in [-0.4, -0.2) is 9.55 Å². The van der Waals surface area contributed by atoms with E-state index in [1.807, 2.05) is 12.5 Å². The standard InChI is InChI=1S/C28H46N2/c1-3-5-6-7-8-9-10-11-12-13-14-15-16-20-26(19-4-2)27-21-17-18-22-28(27)30-24-23-29-25-30/h17-18,21-26H,3-16,19-20H2,1-2H3/t26-/m0/s1. The fourth-order valence-corrected chi connectivity index (χ4v) is 4.68. The molecule has 0 fully saturated rings. The highest BCUT2D eigenvalue weighted by Gasteiger charge is 2.15. The van der Waals surface area contributed by atoms with Crippen molar-refractivity contribution in [2.45, 2.75) is 122 Å². The molecule has 1 aromatic heterocycles. The number of rotatable bonds is 18. The second kappa shape index (κ2) is 16.2. The van der Waals surface area contributed by atoms with Gasteiger partial charge in [0.2, 0.25) is 0 Å². The third-order valence-electron chi connectivity index (χ3n) is 6.45. The number of benzene rings is 1. The Hall–Kier alpha value is -1.57. The number of hydrogen-bond donors (Lipinski definition) is 0. The largest absolute Gasteiger partial charge is 0.306 e. The molecule has 0 radical (unpaired) electrons. The molecule has 0 spiro atoms. The maximum atomic E-state index is 4.25. The van der Waals surface area contributed by atoms with Crippen LogP contribution in [0, 0.1) is 0 Å². The minimum Gasteiger partial charge on any atom is -0.306 e. The van der Waals surface area contributed by atoms with Crippen molar-refractivity contribution >= 4 is 0 Å². The van der Waals surface area contributed by atoms with Crippen LogP contribution < -0.4 is 0 Å². The normalized spacial score (nSPS) is 12.3. The maximum Gasteiger partial charge on any atom is 0.0991 e. The second-order valence-electron chi connectivity index (χ2n) is 9.05. The van der Waals surface area contributed by atoms with E-state index in [1.165, 1.54) is 114 Å². The molecule has 1 atom stereocenters. The highest BCUT2D eigenvalue weighted by Crippen LogP contribution is 2.31. The van der Waals surface area contributed by atoms with Gasteiger partial charge >= 0.3 is 0 Å². The first-order valence-corrected chi connectivity index (χ1v) is 12.9. The summed E-state index contributed by atoms with van der Waals surface area (Å²) in [6.45, 7) is 4.61. The molecular weight excluding hydrogens is 364 g/mol. The molecule has 30 heavy (non-hydrogen) atoms. The Kier molecular flexibility index (Phi) is 13.3. The summed E-state index contributed by atoms with van der Waals surface area (Å²) in [4.78, 5) is 4.25. The Morgan fingerprint density at radius 3 is 1.87 bits per heavy atom. The lowest BCUT2D eigenvalue weighted by atomic mass is 9.88. The maximum absolute atomic E-state index is 4.25. The van der Waals surface area contributed by atoms with Crippen LogP contribution in [0.25, 0.3) is 5.69 Å². The van der Waals surface area contributed by atoms with E-state index >= 15 is 0 Å². The van der Waals surface area contributed by atoms with Crippen LogP contribution in [0.1, 0.15) is 128 Å². The lowest BCUT2D eigenvalue weighted by Gasteiger charge is -2.20. The zero-order valence-corrected chi connectivity index (χ0v) is 19.8. The van der Waals surface area contributed by atoms with Crippen LogP contribution in [0.2, 0.25) is 0 Å². The van der Waals surface area contributed by atoms with Gasteiger partial charge in [0.05, 0.1) is 6.33 Å². The summed E-state index contributed by atoms with van der Waals surface area (Å²) in [5, 5.41) is 0.